The van der Waals surface area contributed by atoms with E-state index in [0.717, 1.165) is 5.56 Å². The molecular formula is C15H18N4O3. The first kappa shape index (κ1) is 15.7. The minimum Gasteiger partial charge on any atom is -0.355 e. The van der Waals surface area contributed by atoms with Crippen LogP contribution in [0.25, 0.3) is 10.9 Å². The predicted octanol–water partition coefficient (Wildman–Crippen LogP) is 0.108. The first-order valence-electron chi connectivity index (χ1n) is 6.96. The van der Waals surface area contributed by atoms with Crippen LogP contribution < -0.4 is 16.1 Å². The van der Waals surface area contributed by atoms with Gasteiger partial charge in [0.2, 0.25) is 11.3 Å². The number of nitrogens with zero attached hydrogens (tertiary/aromatic N) is 2. The molecule has 1 heterocycles. The number of benzene rings is 1. The van der Waals surface area contributed by atoms with Gasteiger partial charge in [-0.2, -0.15) is 5.10 Å². The van der Waals surface area contributed by atoms with Crippen molar-refractivity contribution in [1.82, 2.24) is 20.4 Å². The van der Waals surface area contributed by atoms with E-state index >= 15 is 0 Å². The topological polar surface area (TPSA) is 93.1 Å². The van der Waals surface area contributed by atoms with Gasteiger partial charge in [-0.3, -0.25) is 19.1 Å². The van der Waals surface area contributed by atoms with Crippen molar-refractivity contribution in [3.05, 3.63) is 39.7 Å². The van der Waals surface area contributed by atoms with Crippen LogP contribution in [0.15, 0.2) is 23.0 Å². The lowest BCUT2D eigenvalue weighted by molar-refractivity contribution is -0.120. The van der Waals surface area contributed by atoms with Crippen molar-refractivity contribution in [3.63, 3.8) is 0 Å². The quantitative estimate of drug-likeness (QED) is 0.838. The Hall–Kier alpha value is -2.70. The van der Waals surface area contributed by atoms with E-state index in [4.69, 9.17) is 0 Å². The summed E-state index contributed by atoms with van der Waals surface area (Å²) in [4.78, 5) is 35.9. The van der Waals surface area contributed by atoms with Crippen LogP contribution in [-0.4, -0.2) is 34.7 Å². The van der Waals surface area contributed by atoms with Crippen molar-refractivity contribution in [3.8, 4) is 0 Å². The molecule has 7 heteroatoms. The normalized spacial score (nSPS) is 10.5. The highest BCUT2D eigenvalue weighted by Gasteiger charge is 2.17. The summed E-state index contributed by atoms with van der Waals surface area (Å²) in [6.07, 6.45) is 0. The molecule has 0 saturated heterocycles. The smallest absolute Gasteiger partial charge is 0.276 e. The van der Waals surface area contributed by atoms with Gasteiger partial charge in [-0.1, -0.05) is 11.6 Å². The predicted molar refractivity (Wildman–Crippen MR) is 82.7 cm³/mol. The summed E-state index contributed by atoms with van der Waals surface area (Å²) in [5, 5.41) is 9.41. The monoisotopic (exact) mass is 302 g/mol. The lowest BCUT2D eigenvalue weighted by atomic mass is 10.1. The zero-order valence-electron chi connectivity index (χ0n) is 12.8. The number of carbonyl (C=O) groups excluding carboxylic acids is 2. The lowest BCUT2D eigenvalue weighted by Gasteiger charge is -2.09. The van der Waals surface area contributed by atoms with Gasteiger partial charge in [0, 0.05) is 13.6 Å². The van der Waals surface area contributed by atoms with E-state index in [2.05, 4.69) is 15.7 Å². The minimum atomic E-state index is -0.657. The van der Waals surface area contributed by atoms with Gasteiger partial charge in [0.05, 0.1) is 17.4 Å². The maximum Gasteiger partial charge on any atom is 0.276 e. The SMILES string of the molecule is CCNC(=O)CNC(=O)c1nn(C)c2ccc(C)cc2c1=O. The molecule has 2 aromatic rings. The molecule has 0 aliphatic heterocycles. The maximum atomic E-state index is 12.4. The zero-order chi connectivity index (χ0) is 16.3. The summed E-state index contributed by atoms with van der Waals surface area (Å²) < 4.78 is 1.48. The molecule has 1 aromatic heterocycles. The maximum absolute atomic E-state index is 12.4. The minimum absolute atomic E-state index is 0.191. The van der Waals surface area contributed by atoms with Crippen LogP contribution in [0.1, 0.15) is 23.0 Å². The standard InChI is InChI=1S/C15H18N4O3/c1-4-16-12(20)8-17-15(22)13-14(21)10-7-9(2)5-6-11(10)19(3)18-13/h5-7H,4,8H2,1-3H3,(H,16,20)(H,17,22). The van der Waals surface area contributed by atoms with Crippen LogP contribution in [-0.2, 0) is 11.8 Å². The number of likely N-dealkylation sites (N-methyl/N-ethyl adjacent to an activating group) is 1. The van der Waals surface area contributed by atoms with Gasteiger partial charge < -0.3 is 10.6 Å². The Bertz CT molecular complexity index is 795. The molecule has 0 aliphatic rings. The first-order chi connectivity index (χ1) is 10.4. The van der Waals surface area contributed by atoms with E-state index in [1.807, 2.05) is 13.0 Å². The highest BCUT2D eigenvalue weighted by Crippen LogP contribution is 2.11. The highest BCUT2D eigenvalue weighted by molar-refractivity contribution is 5.97. The number of aryl methyl sites for hydroxylation is 2. The van der Waals surface area contributed by atoms with E-state index in [1.54, 1.807) is 26.1 Å². The molecule has 0 radical (unpaired) electrons. The van der Waals surface area contributed by atoms with Crippen molar-refractivity contribution in [2.75, 3.05) is 13.1 Å². The molecule has 0 unspecified atom stereocenters. The average molecular weight is 302 g/mol. The fourth-order valence-electron chi connectivity index (χ4n) is 2.14. The van der Waals surface area contributed by atoms with E-state index in [9.17, 15) is 14.4 Å². The van der Waals surface area contributed by atoms with Gasteiger partial charge in [0.15, 0.2) is 5.69 Å². The molecule has 0 bridgehead atoms. The summed E-state index contributed by atoms with van der Waals surface area (Å²) in [6.45, 7) is 3.93. The van der Waals surface area contributed by atoms with Crippen molar-refractivity contribution >= 4 is 22.7 Å². The number of aromatic nitrogens is 2. The van der Waals surface area contributed by atoms with Crippen molar-refractivity contribution in [2.45, 2.75) is 13.8 Å². The molecule has 22 heavy (non-hydrogen) atoms. The second-order valence-corrected chi connectivity index (χ2v) is 4.96. The fraction of sp³-hybridized carbons (Fsp3) is 0.333. The van der Waals surface area contributed by atoms with Crippen LogP contribution >= 0.6 is 0 Å². The molecule has 1 aromatic carbocycles. The van der Waals surface area contributed by atoms with Gasteiger partial charge in [-0.15, -0.1) is 0 Å². The second kappa shape index (κ2) is 6.38. The molecule has 0 fully saturated rings. The Morgan fingerprint density at radius 3 is 2.68 bits per heavy atom. The molecule has 0 saturated carbocycles. The van der Waals surface area contributed by atoms with Crippen LogP contribution in [0, 0.1) is 6.92 Å². The van der Waals surface area contributed by atoms with E-state index in [-0.39, 0.29) is 18.1 Å². The number of nitrogens with one attached hydrogen (secondary N) is 2. The largest absolute Gasteiger partial charge is 0.355 e. The van der Waals surface area contributed by atoms with Crippen LogP contribution in [0.5, 0.6) is 0 Å². The Balaban J connectivity index is 2.35. The first-order valence-corrected chi connectivity index (χ1v) is 6.96. The number of amides is 2. The van der Waals surface area contributed by atoms with Crippen molar-refractivity contribution in [1.29, 1.82) is 0 Å². The number of hydrogen-bond donors (Lipinski definition) is 2. The fourth-order valence-corrected chi connectivity index (χ4v) is 2.14. The van der Waals surface area contributed by atoms with E-state index < -0.39 is 11.3 Å². The second-order valence-electron chi connectivity index (χ2n) is 4.96. The number of carbonyl (C=O) groups is 2. The number of rotatable bonds is 4. The van der Waals surface area contributed by atoms with Crippen molar-refractivity contribution in [2.24, 2.45) is 7.05 Å². The molecule has 2 rings (SSSR count). The molecule has 0 atom stereocenters. The van der Waals surface area contributed by atoms with Gasteiger partial charge in [0.25, 0.3) is 5.91 Å². The van der Waals surface area contributed by atoms with E-state index in [1.165, 1.54) is 4.68 Å². The van der Waals surface area contributed by atoms with E-state index in [0.29, 0.717) is 17.4 Å². The molecule has 2 amide bonds. The van der Waals surface area contributed by atoms with Crippen LogP contribution in [0.4, 0.5) is 0 Å². The van der Waals surface area contributed by atoms with Gasteiger partial charge in [-0.25, -0.2) is 0 Å². The van der Waals surface area contributed by atoms with Crippen LogP contribution in [0.3, 0.4) is 0 Å². The Morgan fingerprint density at radius 2 is 2.00 bits per heavy atom. The summed E-state index contributed by atoms with van der Waals surface area (Å²) in [6, 6.07) is 5.38. The van der Waals surface area contributed by atoms with Gasteiger partial charge >= 0.3 is 0 Å². The number of hydrogen-bond acceptors (Lipinski definition) is 4. The number of fused-ring (bicyclic) bond motifs is 1. The Labute approximate surface area is 127 Å². The Kier molecular flexibility index (Phi) is 4.55. The van der Waals surface area contributed by atoms with Crippen LogP contribution in [0.2, 0.25) is 0 Å². The molecule has 0 spiro atoms. The third-order valence-corrected chi connectivity index (χ3v) is 3.21. The third kappa shape index (κ3) is 3.13. The van der Waals surface area contributed by atoms with Gasteiger partial charge in [-0.05, 0) is 26.0 Å². The summed E-state index contributed by atoms with van der Waals surface area (Å²) >= 11 is 0. The summed E-state index contributed by atoms with van der Waals surface area (Å²) in [7, 11) is 1.66. The molecule has 7 nitrogen and oxygen atoms in total. The average Bonchev–Trinajstić information content (AvgIpc) is 2.48. The summed E-state index contributed by atoms with van der Waals surface area (Å²) in [5.41, 5.74) is 0.912. The Morgan fingerprint density at radius 1 is 1.27 bits per heavy atom. The highest BCUT2D eigenvalue weighted by atomic mass is 16.2. The zero-order valence-corrected chi connectivity index (χ0v) is 12.8. The summed E-state index contributed by atoms with van der Waals surface area (Å²) in [5.74, 6) is -0.973. The third-order valence-electron chi connectivity index (χ3n) is 3.21. The molecule has 2 N–H and O–H groups in total. The van der Waals surface area contributed by atoms with Gasteiger partial charge in [0.1, 0.15) is 0 Å². The molecule has 0 aliphatic carbocycles. The molecule has 116 valence electrons. The van der Waals surface area contributed by atoms with Crippen molar-refractivity contribution < 1.29 is 9.59 Å². The molecular weight excluding hydrogens is 284 g/mol. The lowest BCUT2D eigenvalue weighted by Crippen LogP contribution is -2.39.